The lowest BCUT2D eigenvalue weighted by molar-refractivity contribution is 0.0987. The Morgan fingerprint density at radius 2 is 1.97 bits per heavy atom. The van der Waals surface area contributed by atoms with Gasteiger partial charge in [-0.15, -0.1) is 11.3 Å². The molecule has 0 aliphatic carbocycles. The third-order valence-electron chi connectivity index (χ3n) is 5.11. The highest BCUT2D eigenvalue weighted by molar-refractivity contribution is 9.10. The highest BCUT2D eigenvalue weighted by Crippen LogP contribution is 2.45. The van der Waals surface area contributed by atoms with Gasteiger partial charge in [0.05, 0.1) is 29.4 Å². The molecule has 1 aliphatic heterocycles. The molecule has 0 spiro atoms. The summed E-state index contributed by atoms with van der Waals surface area (Å²) >= 11 is 5.14. The van der Waals surface area contributed by atoms with Gasteiger partial charge in [-0.25, -0.2) is 0 Å². The van der Waals surface area contributed by atoms with Gasteiger partial charge in [-0.05, 0) is 62.4 Å². The maximum absolute atomic E-state index is 12.9. The summed E-state index contributed by atoms with van der Waals surface area (Å²) in [5, 5.41) is 2.07. The van der Waals surface area contributed by atoms with E-state index in [2.05, 4.69) is 44.1 Å². The van der Waals surface area contributed by atoms with Crippen LogP contribution >= 0.6 is 27.3 Å². The van der Waals surface area contributed by atoms with Crippen LogP contribution in [0.2, 0.25) is 0 Å². The molecule has 1 aliphatic rings. The molecule has 4 nitrogen and oxygen atoms in total. The van der Waals surface area contributed by atoms with Crippen molar-refractivity contribution in [2.45, 2.75) is 44.7 Å². The number of Topliss-reactive ketones (excluding diaryl/α,β-unsaturated/α-hetero) is 1. The minimum Gasteiger partial charge on any atom is -0.493 e. The Hall–Kier alpha value is -2.05. The maximum atomic E-state index is 12.9. The molecule has 0 saturated heterocycles. The van der Waals surface area contributed by atoms with E-state index < -0.39 is 0 Å². The Kier molecular flexibility index (Phi) is 5.58. The van der Waals surface area contributed by atoms with E-state index in [0.29, 0.717) is 0 Å². The minimum atomic E-state index is -0.227. The number of ether oxygens (including phenoxy) is 2. The Labute approximate surface area is 183 Å². The van der Waals surface area contributed by atoms with E-state index in [1.165, 1.54) is 5.56 Å². The third-order valence-corrected chi connectivity index (χ3v) is 6.43. The average Bonchev–Trinajstić information content (AvgIpc) is 3.34. The second-order valence-electron chi connectivity index (χ2n) is 7.48. The molecule has 3 aromatic rings. The molecular weight excluding hydrogens is 450 g/mol. The first-order chi connectivity index (χ1) is 13.9. The smallest absolute Gasteiger partial charge is 0.192 e. The molecule has 2 aromatic heterocycles. The van der Waals surface area contributed by atoms with Crippen molar-refractivity contribution in [1.29, 1.82) is 0 Å². The summed E-state index contributed by atoms with van der Waals surface area (Å²) in [7, 11) is 1.67. The first kappa shape index (κ1) is 20.2. The molecule has 6 heteroatoms. The summed E-state index contributed by atoms with van der Waals surface area (Å²) in [5.41, 5.74) is 5.25. The van der Waals surface area contributed by atoms with Crippen molar-refractivity contribution in [2.75, 3.05) is 7.11 Å². The summed E-state index contributed by atoms with van der Waals surface area (Å²) in [5.74, 6) is 1.58. The summed E-state index contributed by atoms with van der Waals surface area (Å²) < 4.78 is 13.8. The number of methoxy groups -OCH3 is 1. The van der Waals surface area contributed by atoms with Crippen molar-refractivity contribution in [1.82, 2.24) is 4.57 Å². The predicted octanol–water partition coefficient (Wildman–Crippen LogP) is 6.20. The first-order valence-corrected chi connectivity index (χ1v) is 11.5. The van der Waals surface area contributed by atoms with E-state index in [1.54, 1.807) is 18.4 Å². The van der Waals surface area contributed by atoms with Crippen molar-refractivity contribution in [3.05, 3.63) is 47.0 Å². The molecule has 0 radical (unpaired) electrons. The molecule has 1 atom stereocenters. The topological polar surface area (TPSA) is 40.5 Å². The molecular formula is C23H24BrNO3S. The van der Waals surface area contributed by atoms with Crippen LogP contribution in [0.5, 0.6) is 11.5 Å². The van der Waals surface area contributed by atoms with Crippen molar-refractivity contribution in [3.8, 4) is 33.2 Å². The summed E-state index contributed by atoms with van der Waals surface area (Å²) in [6.07, 6.45) is 0.886. The molecule has 152 valence electrons. The molecule has 0 fully saturated rings. The van der Waals surface area contributed by atoms with E-state index in [4.69, 9.17) is 9.47 Å². The quantitative estimate of drug-likeness (QED) is 0.316. The zero-order valence-corrected chi connectivity index (χ0v) is 19.4. The van der Waals surface area contributed by atoms with Crippen LogP contribution in [0.25, 0.3) is 21.7 Å². The number of carbonyl (C=O) groups excluding carboxylic acids is 1. The SMILES string of the molecule is COc1cc2c(cc1OC(C)C)-c1c(-c3cccs3)cc(C(=O)C(C)Br)n1CC2. The van der Waals surface area contributed by atoms with Crippen LogP contribution < -0.4 is 9.47 Å². The standard InChI is InChI=1S/C23H24BrNO3S/c1-13(2)28-20-12-16-15(10-19(20)27-4)7-8-25-18(23(26)14(3)24)11-17(22(16)25)21-6-5-9-29-21/h5-6,9-14H,7-8H2,1-4H3. The van der Waals surface area contributed by atoms with Gasteiger partial charge in [0, 0.05) is 22.5 Å². The molecule has 4 rings (SSSR count). The summed E-state index contributed by atoms with van der Waals surface area (Å²) in [6, 6.07) is 10.3. The van der Waals surface area contributed by atoms with Gasteiger partial charge in [-0.3, -0.25) is 4.79 Å². The summed E-state index contributed by atoms with van der Waals surface area (Å²) in [6.45, 7) is 6.66. The van der Waals surface area contributed by atoms with Crippen molar-refractivity contribution in [2.24, 2.45) is 0 Å². The van der Waals surface area contributed by atoms with E-state index >= 15 is 0 Å². The Morgan fingerprint density at radius 1 is 1.17 bits per heavy atom. The fourth-order valence-electron chi connectivity index (χ4n) is 3.87. The fourth-order valence-corrected chi connectivity index (χ4v) is 4.84. The Balaban J connectivity index is 1.97. The van der Waals surface area contributed by atoms with Crippen molar-refractivity contribution >= 4 is 33.0 Å². The van der Waals surface area contributed by atoms with Crippen LogP contribution in [0.3, 0.4) is 0 Å². The van der Waals surface area contributed by atoms with Crippen LogP contribution in [0, 0.1) is 0 Å². The monoisotopic (exact) mass is 473 g/mol. The van der Waals surface area contributed by atoms with Crippen LogP contribution in [-0.2, 0) is 13.0 Å². The number of hydrogen-bond donors (Lipinski definition) is 0. The third kappa shape index (κ3) is 3.64. The lowest BCUT2D eigenvalue weighted by atomic mass is 9.95. The molecule has 0 saturated carbocycles. The number of alkyl halides is 1. The van der Waals surface area contributed by atoms with Gasteiger partial charge in [0.15, 0.2) is 17.3 Å². The first-order valence-electron chi connectivity index (χ1n) is 9.74. The molecule has 0 amide bonds. The number of hydrogen-bond acceptors (Lipinski definition) is 4. The average molecular weight is 474 g/mol. The Morgan fingerprint density at radius 3 is 2.59 bits per heavy atom. The highest BCUT2D eigenvalue weighted by atomic mass is 79.9. The van der Waals surface area contributed by atoms with E-state index in [9.17, 15) is 4.79 Å². The Bertz CT molecular complexity index is 1050. The zero-order valence-electron chi connectivity index (χ0n) is 17.0. The number of ketones is 1. The maximum Gasteiger partial charge on any atom is 0.192 e. The molecule has 3 heterocycles. The predicted molar refractivity (Wildman–Crippen MR) is 122 cm³/mol. The van der Waals surface area contributed by atoms with E-state index in [1.807, 2.05) is 32.9 Å². The van der Waals surface area contributed by atoms with Crippen LogP contribution in [0.4, 0.5) is 0 Å². The van der Waals surface area contributed by atoms with Crippen molar-refractivity contribution < 1.29 is 14.3 Å². The van der Waals surface area contributed by atoms with Crippen LogP contribution in [0.1, 0.15) is 36.8 Å². The number of nitrogens with zero attached hydrogens (tertiary/aromatic N) is 1. The number of fused-ring (bicyclic) bond motifs is 3. The van der Waals surface area contributed by atoms with Gasteiger partial charge >= 0.3 is 0 Å². The largest absolute Gasteiger partial charge is 0.493 e. The van der Waals surface area contributed by atoms with Gasteiger partial charge < -0.3 is 14.0 Å². The van der Waals surface area contributed by atoms with E-state index in [-0.39, 0.29) is 16.7 Å². The number of halogens is 1. The van der Waals surface area contributed by atoms with Crippen molar-refractivity contribution in [3.63, 3.8) is 0 Å². The lowest BCUT2D eigenvalue weighted by Crippen LogP contribution is -2.20. The molecule has 1 unspecified atom stereocenters. The van der Waals surface area contributed by atoms with Gasteiger partial charge in [0.2, 0.25) is 0 Å². The normalized spacial score (nSPS) is 13.7. The number of aromatic nitrogens is 1. The van der Waals surface area contributed by atoms with Gasteiger partial charge in [0.1, 0.15) is 0 Å². The van der Waals surface area contributed by atoms with E-state index in [0.717, 1.165) is 51.9 Å². The number of benzene rings is 1. The second-order valence-corrected chi connectivity index (χ2v) is 9.80. The minimum absolute atomic E-state index is 0.0421. The molecule has 29 heavy (non-hydrogen) atoms. The number of thiophene rings is 1. The molecule has 0 N–H and O–H groups in total. The highest BCUT2D eigenvalue weighted by Gasteiger charge is 2.29. The van der Waals surface area contributed by atoms with Crippen LogP contribution in [-0.4, -0.2) is 28.4 Å². The number of rotatable bonds is 6. The molecule has 1 aromatic carbocycles. The van der Waals surface area contributed by atoms with Gasteiger partial charge in [0.25, 0.3) is 0 Å². The zero-order chi connectivity index (χ0) is 20.7. The second kappa shape index (κ2) is 8.00. The lowest BCUT2D eigenvalue weighted by Gasteiger charge is -2.25. The number of aryl methyl sites for hydroxylation is 1. The van der Waals surface area contributed by atoms with Gasteiger partial charge in [-0.1, -0.05) is 22.0 Å². The fraction of sp³-hybridized carbons (Fsp3) is 0.348. The summed E-state index contributed by atoms with van der Waals surface area (Å²) in [4.78, 5) is 13.8. The van der Waals surface area contributed by atoms with Gasteiger partial charge in [-0.2, -0.15) is 0 Å². The van der Waals surface area contributed by atoms with Crippen LogP contribution in [0.15, 0.2) is 35.7 Å². The molecule has 0 bridgehead atoms. The number of carbonyl (C=O) groups is 1.